The second-order valence-corrected chi connectivity index (χ2v) is 6.35. The van der Waals surface area contributed by atoms with Gasteiger partial charge in [0.15, 0.2) is 6.61 Å². The molecule has 1 saturated heterocycles. The first-order valence-corrected chi connectivity index (χ1v) is 8.63. The molecule has 1 fully saturated rings. The van der Waals surface area contributed by atoms with Gasteiger partial charge in [-0.25, -0.2) is 4.39 Å². The van der Waals surface area contributed by atoms with Gasteiger partial charge in [0.2, 0.25) is 0 Å². The Morgan fingerprint density at radius 3 is 2.44 bits per heavy atom. The number of likely N-dealkylation sites (tertiary alicyclic amines) is 1. The average molecular weight is 342 g/mol. The molecule has 0 radical (unpaired) electrons. The van der Waals surface area contributed by atoms with Gasteiger partial charge in [-0.2, -0.15) is 0 Å². The number of carbonyl (C=O) groups is 1. The molecule has 5 heteroatoms. The Morgan fingerprint density at radius 2 is 1.76 bits per heavy atom. The van der Waals surface area contributed by atoms with Crippen molar-refractivity contribution >= 4 is 5.91 Å². The minimum absolute atomic E-state index is 0.0458. The third kappa shape index (κ3) is 5.57. The maximum Gasteiger partial charge on any atom is 0.258 e. The molecule has 1 aliphatic rings. The van der Waals surface area contributed by atoms with Gasteiger partial charge in [-0.15, -0.1) is 0 Å². The zero-order valence-corrected chi connectivity index (χ0v) is 14.2. The first kappa shape index (κ1) is 17.4. The van der Waals surface area contributed by atoms with Crippen molar-refractivity contribution in [2.75, 3.05) is 19.7 Å². The van der Waals surface area contributed by atoms with Crippen LogP contribution in [0.4, 0.5) is 4.39 Å². The Hall–Kier alpha value is -2.40. The van der Waals surface area contributed by atoms with Gasteiger partial charge in [0.05, 0.1) is 0 Å². The van der Waals surface area contributed by atoms with Gasteiger partial charge < -0.3 is 10.1 Å². The van der Waals surface area contributed by atoms with Crippen molar-refractivity contribution in [2.24, 2.45) is 0 Å². The van der Waals surface area contributed by atoms with Crippen LogP contribution >= 0.6 is 0 Å². The highest BCUT2D eigenvalue weighted by molar-refractivity contribution is 5.77. The largest absolute Gasteiger partial charge is 0.484 e. The summed E-state index contributed by atoms with van der Waals surface area (Å²) in [6, 6.07) is 16.3. The Morgan fingerprint density at radius 1 is 1.08 bits per heavy atom. The highest BCUT2D eigenvalue weighted by Crippen LogP contribution is 2.14. The summed E-state index contributed by atoms with van der Waals surface area (Å²) in [5.41, 5.74) is 1.32. The number of amides is 1. The molecule has 0 spiro atoms. The lowest BCUT2D eigenvalue weighted by molar-refractivity contribution is -0.124. The number of hydrogen-bond acceptors (Lipinski definition) is 3. The summed E-state index contributed by atoms with van der Waals surface area (Å²) in [5.74, 6) is 0.0409. The number of hydrogen-bond donors (Lipinski definition) is 1. The van der Waals surface area contributed by atoms with Crippen LogP contribution in [-0.2, 0) is 11.3 Å². The van der Waals surface area contributed by atoms with E-state index in [-0.39, 0.29) is 24.4 Å². The minimum atomic E-state index is -0.320. The summed E-state index contributed by atoms with van der Waals surface area (Å²) < 4.78 is 18.2. The molecule has 132 valence electrons. The van der Waals surface area contributed by atoms with Gasteiger partial charge in [-0.3, -0.25) is 9.69 Å². The molecule has 0 unspecified atom stereocenters. The summed E-state index contributed by atoms with van der Waals surface area (Å²) in [5, 5.41) is 3.02. The third-order valence-corrected chi connectivity index (χ3v) is 4.39. The normalized spacial score (nSPS) is 15.7. The van der Waals surface area contributed by atoms with Crippen molar-refractivity contribution in [3.8, 4) is 5.75 Å². The van der Waals surface area contributed by atoms with E-state index in [4.69, 9.17) is 4.74 Å². The van der Waals surface area contributed by atoms with Gasteiger partial charge >= 0.3 is 0 Å². The van der Waals surface area contributed by atoms with Crippen LogP contribution in [-0.4, -0.2) is 36.5 Å². The molecular formula is C20H23FN2O2. The predicted octanol–water partition coefficient (Wildman–Crippen LogP) is 2.99. The molecule has 25 heavy (non-hydrogen) atoms. The molecule has 1 aliphatic heterocycles. The number of rotatable bonds is 6. The van der Waals surface area contributed by atoms with Crippen LogP contribution in [0.25, 0.3) is 0 Å². The highest BCUT2D eigenvalue weighted by atomic mass is 19.1. The van der Waals surface area contributed by atoms with Gasteiger partial charge in [0.1, 0.15) is 11.6 Å². The van der Waals surface area contributed by atoms with E-state index in [1.807, 2.05) is 6.07 Å². The van der Waals surface area contributed by atoms with Crippen LogP contribution in [0.15, 0.2) is 54.6 Å². The molecule has 4 nitrogen and oxygen atoms in total. The second kappa shape index (κ2) is 8.62. The van der Waals surface area contributed by atoms with E-state index in [0.29, 0.717) is 5.75 Å². The lowest BCUT2D eigenvalue weighted by Gasteiger charge is -2.32. The van der Waals surface area contributed by atoms with Crippen molar-refractivity contribution in [3.05, 3.63) is 66.0 Å². The number of halogens is 1. The molecule has 0 aliphatic carbocycles. The topological polar surface area (TPSA) is 41.6 Å². The standard InChI is InChI=1S/C20H23FN2O2/c21-17-6-8-19(9-7-17)25-15-20(24)22-18-10-12-23(13-11-18)14-16-4-2-1-3-5-16/h1-9,18H,10-15H2,(H,22,24). The fourth-order valence-corrected chi connectivity index (χ4v) is 3.03. The molecule has 3 rings (SSSR count). The second-order valence-electron chi connectivity index (χ2n) is 6.35. The number of nitrogens with one attached hydrogen (secondary N) is 1. The predicted molar refractivity (Wildman–Crippen MR) is 94.8 cm³/mol. The Balaban J connectivity index is 1.36. The molecule has 1 amide bonds. The number of nitrogens with zero attached hydrogens (tertiary/aromatic N) is 1. The monoisotopic (exact) mass is 342 g/mol. The van der Waals surface area contributed by atoms with Crippen LogP contribution in [0.1, 0.15) is 18.4 Å². The Bertz CT molecular complexity index is 668. The first-order chi connectivity index (χ1) is 12.2. The molecule has 0 atom stereocenters. The molecule has 0 aromatic heterocycles. The van der Waals surface area contributed by atoms with E-state index in [2.05, 4.69) is 34.5 Å². The lowest BCUT2D eigenvalue weighted by Crippen LogP contribution is -2.45. The third-order valence-electron chi connectivity index (χ3n) is 4.39. The van der Waals surface area contributed by atoms with Crippen molar-refractivity contribution in [3.63, 3.8) is 0 Å². The zero-order valence-electron chi connectivity index (χ0n) is 14.2. The van der Waals surface area contributed by atoms with E-state index in [1.165, 1.54) is 29.8 Å². The SMILES string of the molecule is O=C(COc1ccc(F)cc1)NC1CCN(Cc2ccccc2)CC1. The summed E-state index contributed by atoms with van der Waals surface area (Å²) in [4.78, 5) is 14.4. The van der Waals surface area contributed by atoms with E-state index >= 15 is 0 Å². The van der Waals surface area contributed by atoms with E-state index in [9.17, 15) is 9.18 Å². The van der Waals surface area contributed by atoms with Crippen LogP contribution in [0.3, 0.4) is 0 Å². The molecular weight excluding hydrogens is 319 g/mol. The van der Waals surface area contributed by atoms with Crippen LogP contribution < -0.4 is 10.1 Å². The van der Waals surface area contributed by atoms with E-state index in [1.54, 1.807) is 0 Å². The average Bonchev–Trinajstić information content (AvgIpc) is 2.64. The van der Waals surface area contributed by atoms with Gasteiger partial charge in [-0.1, -0.05) is 30.3 Å². The smallest absolute Gasteiger partial charge is 0.258 e. The maximum absolute atomic E-state index is 12.8. The van der Waals surface area contributed by atoms with E-state index in [0.717, 1.165) is 32.5 Å². The number of benzene rings is 2. The van der Waals surface area contributed by atoms with Crippen molar-refractivity contribution < 1.29 is 13.9 Å². The van der Waals surface area contributed by atoms with Gasteiger partial charge in [0, 0.05) is 25.7 Å². The molecule has 1 heterocycles. The summed E-state index contributed by atoms with van der Waals surface area (Å²) >= 11 is 0. The molecule has 1 N–H and O–H groups in total. The minimum Gasteiger partial charge on any atom is -0.484 e. The van der Waals surface area contributed by atoms with Crippen LogP contribution in [0.5, 0.6) is 5.75 Å². The van der Waals surface area contributed by atoms with E-state index < -0.39 is 0 Å². The summed E-state index contributed by atoms with van der Waals surface area (Å²) in [6.45, 7) is 2.85. The molecule has 0 saturated carbocycles. The number of carbonyl (C=O) groups excluding carboxylic acids is 1. The van der Waals surface area contributed by atoms with Gasteiger partial charge in [0.25, 0.3) is 5.91 Å². The van der Waals surface area contributed by atoms with Crippen molar-refractivity contribution in [1.29, 1.82) is 0 Å². The molecule has 0 bridgehead atoms. The Labute approximate surface area is 147 Å². The van der Waals surface area contributed by atoms with Crippen molar-refractivity contribution in [1.82, 2.24) is 10.2 Å². The fraction of sp³-hybridized carbons (Fsp3) is 0.350. The summed E-state index contributed by atoms with van der Waals surface area (Å²) in [7, 11) is 0. The zero-order chi connectivity index (χ0) is 17.5. The number of ether oxygens (including phenoxy) is 1. The fourth-order valence-electron chi connectivity index (χ4n) is 3.03. The van der Waals surface area contributed by atoms with Crippen LogP contribution in [0.2, 0.25) is 0 Å². The quantitative estimate of drug-likeness (QED) is 0.877. The Kier molecular flexibility index (Phi) is 6.01. The molecule has 2 aromatic rings. The maximum atomic E-state index is 12.8. The lowest BCUT2D eigenvalue weighted by atomic mass is 10.0. The first-order valence-electron chi connectivity index (χ1n) is 8.63. The van der Waals surface area contributed by atoms with Crippen molar-refractivity contribution in [2.45, 2.75) is 25.4 Å². The highest BCUT2D eigenvalue weighted by Gasteiger charge is 2.20. The summed E-state index contributed by atoms with van der Waals surface area (Å²) in [6.07, 6.45) is 1.88. The number of piperidine rings is 1. The molecule has 2 aromatic carbocycles. The van der Waals surface area contributed by atoms with Gasteiger partial charge in [-0.05, 0) is 42.7 Å². The van der Waals surface area contributed by atoms with Crippen LogP contribution in [0, 0.1) is 5.82 Å².